The molecule has 0 aliphatic rings. The summed E-state index contributed by atoms with van der Waals surface area (Å²) in [7, 11) is 0. The van der Waals surface area contributed by atoms with Gasteiger partial charge in [-0.3, -0.25) is 14.5 Å². The van der Waals surface area contributed by atoms with E-state index in [9.17, 15) is 19.5 Å². The summed E-state index contributed by atoms with van der Waals surface area (Å²) in [5, 5.41) is 9.71. The SMILES string of the molecule is CCCC(=O)N(C(=O)c1ccccc1-c1ccccc1)[C@@H](CCSC)C(=O)O. The molecule has 0 heterocycles. The van der Waals surface area contributed by atoms with Gasteiger partial charge in [0, 0.05) is 12.0 Å². The van der Waals surface area contributed by atoms with Gasteiger partial charge in [0.15, 0.2) is 0 Å². The first kappa shape index (κ1) is 21.7. The second-order valence-electron chi connectivity index (χ2n) is 6.37. The molecule has 148 valence electrons. The first-order chi connectivity index (χ1) is 13.5. The van der Waals surface area contributed by atoms with Gasteiger partial charge in [-0.2, -0.15) is 11.8 Å². The van der Waals surface area contributed by atoms with E-state index in [4.69, 9.17) is 0 Å². The monoisotopic (exact) mass is 399 g/mol. The first-order valence-corrected chi connectivity index (χ1v) is 10.6. The molecule has 0 fully saturated rings. The summed E-state index contributed by atoms with van der Waals surface area (Å²) in [6, 6.07) is 15.2. The molecule has 5 nitrogen and oxygen atoms in total. The Kier molecular flexibility index (Phi) is 8.26. The van der Waals surface area contributed by atoms with Crippen LogP contribution in [0.2, 0.25) is 0 Å². The first-order valence-electron chi connectivity index (χ1n) is 9.23. The van der Waals surface area contributed by atoms with Crippen LogP contribution in [0.3, 0.4) is 0 Å². The van der Waals surface area contributed by atoms with Gasteiger partial charge >= 0.3 is 5.97 Å². The molecule has 2 amide bonds. The third-order valence-electron chi connectivity index (χ3n) is 4.39. The molecule has 0 aromatic heterocycles. The van der Waals surface area contributed by atoms with E-state index in [2.05, 4.69) is 0 Å². The molecule has 0 spiro atoms. The van der Waals surface area contributed by atoms with E-state index in [0.717, 1.165) is 10.5 Å². The van der Waals surface area contributed by atoms with Crippen LogP contribution in [0.5, 0.6) is 0 Å². The van der Waals surface area contributed by atoms with E-state index in [1.165, 1.54) is 11.8 Å². The number of carboxylic acid groups (broad SMARTS) is 1. The van der Waals surface area contributed by atoms with Crippen LogP contribution < -0.4 is 0 Å². The molecule has 0 bridgehead atoms. The highest BCUT2D eigenvalue weighted by Gasteiger charge is 2.35. The Morgan fingerprint density at radius 2 is 1.68 bits per heavy atom. The van der Waals surface area contributed by atoms with Crippen molar-refractivity contribution in [1.82, 2.24) is 4.90 Å². The molecule has 28 heavy (non-hydrogen) atoms. The Hall–Kier alpha value is -2.60. The third kappa shape index (κ3) is 5.23. The summed E-state index contributed by atoms with van der Waals surface area (Å²) in [6.07, 6.45) is 2.74. The smallest absolute Gasteiger partial charge is 0.326 e. The number of imide groups is 1. The maximum Gasteiger partial charge on any atom is 0.326 e. The summed E-state index contributed by atoms with van der Waals surface area (Å²) >= 11 is 1.48. The summed E-state index contributed by atoms with van der Waals surface area (Å²) < 4.78 is 0. The number of benzene rings is 2. The Morgan fingerprint density at radius 1 is 1.04 bits per heavy atom. The second-order valence-corrected chi connectivity index (χ2v) is 7.35. The van der Waals surface area contributed by atoms with Crippen molar-refractivity contribution >= 4 is 29.5 Å². The maximum atomic E-state index is 13.4. The number of carboxylic acids is 1. The van der Waals surface area contributed by atoms with Crippen LogP contribution in [-0.2, 0) is 9.59 Å². The van der Waals surface area contributed by atoms with Gasteiger partial charge in [-0.25, -0.2) is 4.79 Å². The number of amides is 2. The zero-order valence-corrected chi connectivity index (χ0v) is 16.9. The zero-order chi connectivity index (χ0) is 20.5. The standard InChI is InChI=1S/C22H25NO4S/c1-3-9-20(24)23(19(22(26)27)14-15-28-2)21(25)18-13-8-7-12-17(18)16-10-5-4-6-11-16/h4-8,10-13,19H,3,9,14-15H2,1-2H3,(H,26,27)/t19-/m0/s1. The summed E-state index contributed by atoms with van der Waals surface area (Å²) in [5.41, 5.74) is 1.84. The molecule has 0 unspecified atom stereocenters. The van der Waals surface area contributed by atoms with Crippen molar-refractivity contribution in [3.8, 4) is 11.1 Å². The van der Waals surface area contributed by atoms with Crippen LogP contribution in [0, 0.1) is 0 Å². The number of hydrogen-bond acceptors (Lipinski definition) is 4. The van der Waals surface area contributed by atoms with Gasteiger partial charge in [0.1, 0.15) is 6.04 Å². The van der Waals surface area contributed by atoms with Crippen LogP contribution in [0.25, 0.3) is 11.1 Å². The number of nitrogens with zero attached hydrogens (tertiary/aromatic N) is 1. The minimum Gasteiger partial charge on any atom is -0.480 e. The fraction of sp³-hybridized carbons (Fsp3) is 0.318. The highest BCUT2D eigenvalue weighted by Crippen LogP contribution is 2.26. The number of rotatable bonds is 9. The fourth-order valence-corrected chi connectivity index (χ4v) is 3.48. The number of thioether (sulfide) groups is 1. The van der Waals surface area contributed by atoms with Crippen molar-refractivity contribution in [3.63, 3.8) is 0 Å². The van der Waals surface area contributed by atoms with Gasteiger partial charge in [-0.1, -0.05) is 55.5 Å². The summed E-state index contributed by atoms with van der Waals surface area (Å²) in [5.74, 6) is -1.64. The molecule has 2 aromatic carbocycles. The molecule has 2 aromatic rings. The van der Waals surface area contributed by atoms with Gasteiger partial charge in [0.2, 0.25) is 5.91 Å². The second kappa shape index (κ2) is 10.7. The maximum absolute atomic E-state index is 13.4. The van der Waals surface area contributed by atoms with Crippen molar-refractivity contribution in [2.24, 2.45) is 0 Å². The van der Waals surface area contributed by atoms with E-state index in [0.29, 0.717) is 23.3 Å². The Balaban J connectivity index is 2.51. The predicted molar refractivity (Wildman–Crippen MR) is 112 cm³/mol. The van der Waals surface area contributed by atoms with Gasteiger partial charge in [-0.15, -0.1) is 0 Å². The van der Waals surface area contributed by atoms with Crippen LogP contribution in [-0.4, -0.2) is 45.8 Å². The lowest BCUT2D eigenvalue weighted by Crippen LogP contribution is -2.49. The van der Waals surface area contributed by atoms with E-state index in [1.807, 2.05) is 55.6 Å². The van der Waals surface area contributed by atoms with Gasteiger partial charge in [0.05, 0.1) is 0 Å². The molecule has 0 saturated heterocycles. The fourth-order valence-electron chi connectivity index (χ4n) is 3.02. The minimum atomic E-state index is -1.18. The lowest BCUT2D eigenvalue weighted by Gasteiger charge is -2.28. The van der Waals surface area contributed by atoms with Crippen molar-refractivity contribution in [1.29, 1.82) is 0 Å². The van der Waals surface area contributed by atoms with Gasteiger partial charge < -0.3 is 5.11 Å². The van der Waals surface area contributed by atoms with Crippen LogP contribution in [0.1, 0.15) is 36.5 Å². The number of carbonyl (C=O) groups is 3. The lowest BCUT2D eigenvalue weighted by molar-refractivity contribution is -0.148. The molecule has 1 atom stereocenters. The van der Waals surface area contributed by atoms with E-state index < -0.39 is 23.8 Å². The van der Waals surface area contributed by atoms with Crippen molar-refractivity contribution in [2.45, 2.75) is 32.2 Å². The molecular formula is C22H25NO4S. The van der Waals surface area contributed by atoms with E-state index in [-0.39, 0.29) is 12.8 Å². The average molecular weight is 400 g/mol. The molecule has 0 aliphatic carbocycles. The quantitative estimate of drug-likeness (QED) is 0.679. The van der Waals surface area contributed by atoms with Gasteiger partial charge in [0.25, 0.3) is 5.91 Å². The molecule has 0 saturated carbocycles. The number of carbonyl (C=O) groups excluding carboxylic acids is 2. The average Bonchev–Trinajstić information content (AvgIpc) is 2.71. The van der Waals surface area contributed by atoms with Crippen LogP contribution in [0.15, 0.2) is 54.6 Å². The summed E-state index contributed by atoms with van der Waals surface area (Å²) in [4.78, 5) is 39.0. The van der Waals surface area contributed by atoms with Crippen molar-refractivity contribution < 1.29 is 19.5 Å². The molecular weight excluding hydrogens is 374 g/mol. The predicted octanol–water partition coefficient (Wildman–Crippen LogP) is 4.33. The number of hydrogen-bond donors (Lipinski definition) is 1. The third-order valence-corrected chi connectivity index (χ3v) is 5.03. The normalized spacial score (nSPS) is 11.6. The highest BCUT2D eigenvalue weighted by atomic mass is 32.2. The Bertz CT molecular complexity index is 822. The zero-order valence-electron chi connectivity index (χ0n) is 16.1. The van der Waals surface area contributed by atoms with Crippen molar-refractivity contribution in [3.05, 3.63) is 60.2 Å². The van der Waals surface area contributed by atoms with Crippen LogP contribution >= 0.6 is 11.8 Å². The van der Waals surface area contributed by atoms with E-state index in [1.54, 1.807) is 12.1 Å². The van der Waals surface area contributed by atoms with E-state index >= 15 is 0 Å². The van der Waals surface area contributed by atoms with Crippen LogP contribution in [0.4, 0.5) is 0 Å². The largest absolute Gasteiger partial charge is 0.480 e. The van der Waals surface area contributed by atoms with Crippen molar-refractivity contribution in [2.75, 3.05) is 12.0 Å². The minimum absolute atomic E-state index is 0.127. The molecule has 0 radical (unpaired) electrons. The Morgan fingerprint density at radius 3 is 2.29 bits per heavy atom. The Labute approximate surface area is 169 Å². The van der Waals surface area contributed by atoms with Gasteiger partial charge in [-0.05, 0) is 42.0 Å². The molecule has 2 rings (SSSR count). The molecule has 6 heteroatoms. The topological polar surface area (TPSA) is 74.7 Å². The highest BCUT2D eigenvalue weighted by molar-refractivity contribution is 7.98. The summed E-state index contributed by atoms with van der Waals surface area (Å²) in [6.45, 7) is 1.83. The lowest BCUT2D eigenvalue weighted by atomic mass is 9.98. The number of aliphatic carboxylic acids is 1. The molecule has 1 N–H and O–H groups in total. The molecule has 0 aliphatic heterocycles.